The van der Waals surface area contributed by atoms with Crippen molar-refractivity contribution in [2.45, 2.75) is 25.7 Å². The van der Waals surface area contributed by atoms with Gasteiger partial charge >= 0.3 is 0 Å². The van der Waals surface area contributed by atoms with Crippen LogP contribution in [0.2, 0.25) is 0 Å². The average molecular weight is 213 g/mol. The van der Waals surface area contributed by atoms with Crippen molar-refractivity contribution in [3.05, 3.63) is 35.5 Å². The highest BCUT2D eigenvalue weighted by Crippen LogP contribution is 2.30. The summed E-state index contributed by atoms with van der Waals surface area (Å²) in [6, 6.07) is 6.51. The summed E-state index contributed by atoms with van der Waals surface area (Å²) in [7, 11) is 0. The lowest BCUT2D eigenvalue weighted by molar-refractivity contribution is 0.686. The van der Waals surface area contributed by atoms with Crippen molar-refractivity contribution in [3.8, 4) is 11.3 Å². The van der Waals surface area contributed by atoms with Gasteiger partial charge in [-0.25, -0.2) is 4.98 Å². The van der Waals surface area contributed by atoms with E-state index in [0.29, 0.717) is 5.95 Å². The highest BCUT2D eigenvalue weighted by molar-refractivity contribution is 5.66. The molecule has 1 aliphatic carbocycles. The number of hydrogen-bond acceptors (Lipinski definition) is 2. The Morgan fingerprint density at radius 1 is 1.19 bits per heavy atom. The van der Waals surface area contributed by atoms with Crippen LogP contribution in [0.3, 0.4) is 0 Å². The molecule has 3 nitrogen and oxygen atoms in total. The van der Waals surface area contributed by atoms with Crippen molar-refractivity contribution in [1.29, 1.82) is 0 Å². The summed E-state index contributed by atoms with van der Waals surface area (Å²) in [5.41, 5.74) is 10.9. The number of nitrogen functional groups attached to an aromatic ring is 1. The molecule has 1 aliphatic rings. The van der Waals surface area contributed by atoms with Crippen LogP contribution in [0.5, 0.6) is 0 Å². The molecule has 0 saturated heterocycles. The minimum atomic E-state index is 0.489. The molecule has 0 amide bonds. The number of imidazole rings is 1. The Bertz CT molecular complexity index is 514. The number of nitrogens with one attached hydrogen (secondary N) is 1. The van der Waals surface area contributed by atoms with Gasteiger partial charge < -0.3 is 10.7 Å². The lowest BCUT2D eigenvalue weighted by Crippen LogP contribution is -2.04. The third-order valence-electron chi connectivity index (χ3n) is 3.28. The average Bonchev–Trinajstić information content (AvgIpc) is 2.75. The van der Waals surface area contributed by atoms with Crippen LogP contribution in [0.25, 0.3) is 11.3 Å². The van der Waals surface area contributed by atoms with Gasteiger partial charge in [0.25, 0.3) is 0 Å². The van der Waals surface area contributed by atoms with Gasteiger partial charge in [-0.15, -0.1) is 0 Å². The van der Waals surface area contributed by atoms with E-state index in [9.17, 15) is 0 Å². The zero-order chi connectivity index (χ0) is 11.0. The summed E-state index contributed by atoms with van der Waals surface area (Å²) in [5.74, 6) is 0.489. The summed E-state index contributed by atoms with van der Waals surface area (Å²) in [6.07, 6.45) is 6.78. The number of benzene rings is 1. The number of fused-ring (bicyclic) bond motifs is 1. The van der Waals surface area contributed by atoms with Gasteiger partial charge in [-0.1, -0.05) is 18.2 Å². The van der Waals surface area contributed by atoms with Crippen LogP contribution >= 0.6 is 0 Å². The van der Waals surface area contributed by atoms with Gasteiger partial charge in [0.1, 0.15) is 0 Å². The van der Waals surface area contributed by atoms with Crippen LogP contribution in [0, 0.1) is 0 Å². The van der Waals surface area contributed by atoms with Gasteiger partial charge in [0.2, 0.25) is 0 Å². The first-order valence-corrected chi connectivity index (χ1v) is 5.76. The molecule has 82 valence electrons. The van der Waals surface area contributed by atoms with Crippen molar-refractivity contribution < 1.29 is 0 Å². The molecule has 3 heteroatoms. The lowest BCUT2D eigenvalue weighted by atomic mass is 9.87. The maximum atomic E-state index is 5.63. The number of nitrogens with two attached hydrogens (primary N) is 1. The van der Waals surface area contributed by atoms with E-state index in [4.69, 9.17) is 5.73 Å². The summed E-state index contributed by atoms with van der Waals surface area (Å²) < 4.78 is 0. The van der Waals surface area contributed by atoms with E-state index in [-0.39, 0.29) is 0 Å². The summed E-state index contributed by atoms with van der Waals surface area (Å²) >= 11 is 0. The Labute approximate surface area is 94.7 Å². The van der Waals surface area contributed by atoms with E-state index in [1.807, 2.05) is 6.20 Å². The fraction of sp³-hybridized carbons (Fsp3) is 0.308. The molecule has 1 aromatic carbocycles. The van der Waals surface area contributed by atoms with Crippen LogP contribution in [0.4, 0.5) is 5.95 Å². The highest BCUT2D eigenvalue weighted by Gasteiger charge is 2.14. The monoisotopic (exact) mass is 213 g/mol. The Morgan fingerprint density at radius 3 is 2.88 bits per heavy atom. The van der Waals surface area contributed by atoms with Gasteiger partial charge in [0.15, 0.2) is 5.95 Å². The smallest absolute Gasteiger partial charge is 0.197 e. The standard InChI is InChI=1S/C13H15N3/c14-13-15-8-12(16-13)11-7-3-5-9-4-1-2-6-10(9)11/h3,5,7-8H,1-2,4,6H2,(H3,14,15,16). The predicted molar refractivity (Wildman–Crippen MR) is 65.1 cm³/mol. The SMILES string of the molecule is Nc1ncc(-c2cccc3c2CCCC3)[nH]1. The van der Waals surface area contributed by atoms with Crippen molar-refractivity contribution in [2.24, 2.45) is 0 Å². The second-order valence-electron chi connectivity index (χ2n) is 4.33. The molecule has 0 atom stereocenters. The molecular formula is C13H15N3. The van der Waals surface area contributed by atoms with Gasteiger partial charge in [-0.05, 0) is 36.8 Å². The first-order valence-electron chi connectivity index (χ1n) is 5.76. The Kier molecular flexibility index (Phi) is 2.17. The number of aromatic amines is 1. The number of hydrogen-bond donors (Lipinski definition) is 2. The third-order valence-corrected chi connectivity index (χ3v) is 3.28. The molecule has 1 heterocycles. The first-order chi connectivity index (χ1) is 7.84. The molecular weight excluding hydrogens is 198 g/mol. The van der Waals surface area contributed by atoms with E-state index in [1.165, 1.54) is 42.4 Å². The second kappa shape index (κ2) is 3.67. The molecule has 3 rings (SSSR count). The Balaban J connectivity index is 2.13. The maximum Gasteiger partial charge on any atom is 0.197 e. The van der Waals surface area contributed by atoms with Gasteiger partial charge in [-0.2, -0.15) is 0 Å². The van der Waals surface area contributed by atoms with Gasteiger partial charge in [-0.3, -0.25) is 0 Å². The maximum absolute atomic E-state index is 5.63. The first kappa shape index (κ1) is 9.46. The molecule has 0 unspecified atom stereocenters. The lowest BCUT2D eigenvalue weighted by Gasteiger charge is -2.18. The van der Waals surface area contributed by atoms with E-state index in [0.717, 1.165) is 5.69 Å². The number of nitrogens with zero attached hydrogens (tertiary/aromatic N) is 1. The highest BCUT2D eigenvalue weighted by atomic mass is 15.0. The van der Waals surface area contributed by atoms with E-state index >= 15 is 0 Å². The molecule has 16 heavy (non-hydrogen) atoms. The van der Waals surface area contributed by atoms with E-state index in [2.05, 4.69) is 28.2 Å². The minimum Gasteiger partial charge on any atom is -0.369 e. The van der Waals surface area contributed by atoms with E-state index < -0.39 is 0 Å². The predicted octanol–water partition coefficient (Wildman–Crippen LogP) is 2.54. The summed E-state index contributed by atoms with van der Waals surface area (Å²) in [4.78, 5) is 7.17. The van der Waals surface area contributed by atoms with Crippen molar-refractivity contribution in [3.63, 3.8) is 0 Å². The fourth-order valence-electron chi connectivity index (χ4n) is 2.51. The Morgan fingerprint density at radius 2 is 2.06 bits per heavy atom. The molecule has 0 radical (unpaired) electrons. The topological polar surface area (TPSA) is 54.7 Å². The quantitative estimate of drug-likeness (QED) is 0.764. The number of aryl methyl sites for hydroxylation is 1. The zero-order valence-corrected chi connectivity index (χ0v) is 9.16. The number of aromatic nitrogens is 2. The molecule has 3 N–H and O–H groups in total. The normalized spacial score (nSPS) is 14.8. The minimum absolute atomic E-state index is 0.489. The van der Waals surface area contributed by atoms with Crippen LogP contribution in [-0.2, 0) is 12.8 Å². The van der Waals surface area contributed by atoms with Crippen molar-refractivity contribution >= 4 is 5.95 Å². The molecule has 1 aromatic heterocycles. The van der Waals surface area contributed by atoms with Crippen LogP contribution in [-0.4, -0.2) is 9.97 Å². The van der Waals surface area contributed by atoms with Crippen LogP contribution in [0.1, 0.15) is 24.0 Å². The summed E-state index contributed by atoms with van der Waals surface area (Å²) in [6.45, 7) is 0. The molecule has 0 bridgehead atoms. The number of rotatable bonds is 1. The molecule has 2 aromatic rings. The molecule has 0 spiro atoms. The molecule has 0 fully saturated rings. The van der Waals surface area contributed by atoms with Gasteiger partial charge in [0, 0.05) is 5.56 Å². The third kappa shape index (κ3) is 1.48. The van der Waals surface area contributed by atoms with E-state index in [1.54, 1.807) is 0 Å². The van der Waals surface area contributed by atoms with Crippen molar-refractivity contribution in [1.82, 2.24) is 9.97 Å². The number of anilines is 1. The molecule has 0 saturated carbocycles. The Hall–Kier alpha value is -1.77. The summed E-state index contributed by atoms with van der Waals surface area (Å²) in [5, 5.41) is 0. The van der Waals surface area contributed by atoms with Crippen LogP contribution < -0.4 is 5.73 Å². The van der Waals surface area contributed by atoms with Gasteiger partial charge in [0.05, 0.1) is 11.9 Å². The van der Waals surface area contributed by atoms with Crippen LogP contribution in [0.15, 0.2) is 24.4 Å². The van der Waals surface area contributed by atoms with Crippen molar-refractivity contribution in [2.75, 3.05) is 5.73 Å². The fourth-order valence-corrected chi connectivity index (χ4v) is 2.51. The largest absolute Gasteiger partial charge is 0.369 e. The second-order valence-corrected chi connectivity index (χ2v) is 4.33. The zero-order valence-electron chi connectivity index (χ0n) is 9.16. The molecule has 0 aliphatic heterocycles. The number of H-pyrrole nitrogens is 1.